The lowest BCUT2D eigenvalue weighted by atomic mass is 9.33. The number of rotatable bonds is 3. The average Bonchev–Trinajstić information content (AvgIpc) is 3.77. The van der Waals surface area contributed by atoms with Crippen LogP contribution in [0.1, 0.15) is 135 Å². The summed E-state index contributed by atoms with van der Waals surface area (Å²) in [7, 11) is 0. The number of nitrogens with zero attached hydrogens (tertiary/aromatic N) is 3. The predicted molar refractivity (Wildman–Crippen MR) is 296 cm³/mol. The molecule has 1 fully saturated rings. The topological polar surface area (TPSA) is 22.9 Å². The highest BCUT2D eigenvalue weighted by molar-refractivity contribution is 7.00. The van der Waals surface area contributed by atoms with Crippen LogP contribution in [0.25, 0.3) is 21.9 Å². The molecule has 0 amide bonds. The molecule has 1 saturated carbocycles. The Labute approximate surface area is 411 Å². The largest absolute Gasteiger partial charge is 0.454 e. The zero-order valence-corrected chi connectivity index (χ0v) is 43.3. The van der Waals surface area contributed by atoms with Gasteiger partial charge in [0.05, 0.1) is 11.2 Å². The Balaban J connectivity index is 1.24. The van der Waals surface area contributed by atoms with Gasteiger partial charge in [-0.1, -0.05) is 155 Å². The van der Waals surface area contributed by atoms with Crippen molar-refractivity contribution in [3.05, 3.63) is 161 Å². The van der Waals surface area contributed by atoms with Crippen molar-refractivity contribution in [2.45, 2.75) is 143 Å². The first-order valence-corrected chi connectivity index (χ1v) is 25.7. The minimum Gasteiger partial charge on any atom is -0.454 e. The fraction of sp³-hybridized carbons (Fsp3) is 0.344. The van der Waals surface area contributed by atoms with Gasteiger partial charge in [-0.15, -0.1) is 0 Å². The summed E-state index contributed by atoms with van der Waals surface area (Å²) in [6.07, 6.45) is 4.77. The Morgan fingerprint density at radius 2 is 1.09 bits per heavy atom. The van der Waals surface area contributed by atoms with Crippen LogP contribution in [-0.2, 0) is 21.7 Å². The average molecular weight is 906 g/mol. The van der Waals surface area contributed by atoms with Gasteiger partial charge < -0.3 is 19.1 Å². The number of anilines is 8. The molecule has 3 aliphatic heterocycles. The summed E-state index contributed by atoms with van der Waals surface area (Å²) in [5.74, 6) is 0. The van der Waals surface area contributed by atoms with Gasteiger partial charge in [0.15, 0.2) is 5.58 Å². The van der Waals surface area contributed by atoms with Gasteiger partial charge in [0.2, 0.25) is 0 Å². The summed E-state index contributed by atoms with van der Waals surface area (Å²) >= 11 is 0. The summed E-state index contributed by atoms with van der Waals surface area (Å²) in [6, 6.07) is 49.6. The summed E-state index contributed by atoms with van der Waals surface area (Å²) in [4.78, 5) is 8.02. The molecule has 2 unspecified atom stereocenters. The third-order valence-corrected chi connectivity index (χ3v) is 17.2. The third kappa shape index (κ3) is 6.33. The molecule has 12 rings (SSSR count). The van der Waals surface area contributed by atoms with E-state index in [9.17, 15) is 0 Å². The Morgan fingerprint density at radius 1 is 0.507 bits per heavy atom. The number of hydrogen-bond donors (Lipinski definition) is 0. The van der Waals surface area contributed by atoms with Crippen molar-refractivity contribution in [3.63, 3.8) is 0 Å². The molecule has 0 saturated heterocycles. The van der Waals surface area contributed by atoms with Crippen LogP contribution in [0.4, 0.5) is 45.5 Å². The van der Waals surface area contributed by atoms with Crippen molar-refractivity contribution in [3.8, 4) is 0 Å². The van der Waals surface area contributed by atoms with Crippen LogP contribution in [0, 0.1) is 13.8 Å². The van der Waals surface area contributed by atoms with E-state index >= 15 is 0 Å². The molecule has 8 aromatic rings. The van der Waals surface area contributed by atoms with E-state index in [4.69, 9.17) is 4.42 Å². The Bertz CT molecular complexity index is 3430. The molecule has 4 heterocycles. The molecular formula is C64H68BN3O. The lowest BCUT2D eigenvalue weighted by Crippen LogP contribution is -2.62. The molecule has 1 aromatic heterocycles. The van der Waals surface area contributed by atoms with Gasteiger partial charge >= 0.3 is 0 Å². The van der Waals surface area contributed by atoms with E-state index in [2.05, 4.69) is 232 Å². The van der Waals surface area contributed by atoms with Crippen molar-refractivity contribution >= 4 is 90.5 Å². The lowest BCUT2D eigenvalue weighted by Gasteiger charge is -2.51. The first-order chi connectivity index (χ1) is 32.7. The summed E-state index contributed by atoms with van der Waals surface area (Å²) in [6.45, 7) is 30.8. The molecule has 348 valence electrons. The maximum atomic E-state index is 7.02. The lowest BCUT2D eigenvalue weighted by molar-refractivity contribution is 0.194. The van der Waals surface area contributed by atoms with Gasteiger partial charge in [-0.05, 0) is 154 Å². The van der Waals surface area contributed by atoms with Crippen LogP contribution < -0.4 is 31.1 Å². The second kappa shape index (κ2) is 14.7. The monoisotopic (exact) mass is 906 g/mol. The standard InChI is InChI=1S/C64H68BN3O/c1-39-33-40(2)57-53(34-39)68(64(13)32-17-16-31-63(57,64)12)45-37-54-58-55(38-45)67(52-21-18-20-47-46-19-14-15-22-56(46)69-59(47)52)51-30-26-43(62(9,10)11)36-49(51)65(58)48-35-42(61(6,7)8)25-29-50(48)66(54)44-27-23-41(24-28-44)60(3,4)5/h14-15,18-30,33-38H,16-17,31-32H2,1-13H3. The second-order valence-corrected chi connectivity index (χ2v) is 24.7. The minimum atomic E-state index is -0.141. The molecule has 4 nitrogen and oxygen atoms in total. The van der Waals surface area contributed by atoms with E-state index in [0.29, 0.717) is 0 Å². The number of benzene rings is 7. The van der Waals surface area contributed by atoms with Crippen molar-refractivity contribution in [1.82, 2.24) is 0 Å². The highest BCUT2D eigenvalue weighted by Crippen LogP contribution is 2.63. The van der Waals surface area contributed by atoms with Crippen LogP contribution >= 0.6 is 0 Å². The molecule has 0 radical (unpaired) electrons. The smallest absolute Gasteiger partial charge is 0.252 e. The fourth-order valence-corrected chi connectivity index (χ4v) is 13.4. The van der Waals surface area contributed by atoms with E-state index < -0.39 is 0 Å². The maximum Gasteiger partial charge on any atom is 0.252 e. The Kier molecular flexibility index (Phi) is 9.36. The number of aryl methyl sites for hydroxylation is 2. The quantitative estimate of drug-likeness (QED) is 0.165. The van der Waals surface area contributed by atoms with E-state index in [-0.39, 0.29) is 33.9 Å². The van der Waals surface area contributed by atoms with Gasteiger partial charge in [-0.25, -0.2) is 0 Å². The minimum absolute atomic E-state index is 0.0119. The van der Waals surface area contributed by atoms with Crippen LogP contribution in [-0.4, -0.2) is 12.3 Å². The Hall–Kier alpha value is -6.20. The SMILES string of the molecule is Cc1cc(C)c2c(c1)N(c1cc3c4c(c1)N(c1cccc5c1oc1ccccc15)c1ccc(C(C)(C)C)cc1B4c1cc(C(C)(C)C)ccc1N3c1ccc(C(C)(C)C)cc1)C1(C)CCCCC21C. The molecule has 1 aliphatic carbocycles. The normalized spacial score (nSPS) is 19.7. The summed E-state index contributed by atoms with van der Waals surface area (Å²) < 4.78 is 7.02. The van der Waals surface area contributed by atoms with E-state index in [1.807, 2.05) is 0 Å². The van der Waals surface area contributed by atoms with Crippen molar-refractivity contribution < 1.29 is 4.42 Å². The zero-order valence-electron chi connectivity index (χ0n) is 43.3. The fourth-order valence-electron chi connectivity index (χ4n) is 13.4. The van der Waals surface area contributed by atoms with Crippen molar-refractivity contribution in [1.29, 1.82) is 0 Å². The number of hydrogen-bond acceptors (Lipinski definition) is 4. The van der Waals surface area contributed by atoms with Crippen LogP contribution in [0.15, 0.2) is 132 Å². The highest BCUT2D eigenvalue weighted by Gasteiger charge is 2.59. The molecular weight excluding hydrogens is 838 g/mol. The first kappa shape index (κ1) is 44.0. The van der Waals surface area contributed by atoms with E-state index in [1.165, 1.54) is 109 Å². The molecule has 69 heavy (non-hydrogen) atoms. The van der Waals surface area contributed by atoms with Crippen molar-refractivity contribution in [2.24, 2.45) is 0 Å². The molecule has 7 aromatic carbocycles. The molecule has 5 heteroatoms. The predicted octanol–water partition coefficient (Wildman–Crippen LogP) is 15.9. The molecule has 4 aliphatic rings. The number of furan rings is 1. The van der Waals surface area contributed by atoms with Gasteiger partial charge in [-0.3, -0.25) is 0 Å². The van der Waals surface area contributed by atoms with Crippen LogP contribution in [0.2, 0.25) is 0 Å². The van der Waals surface area contributed by atoms with E-state index in [0.717, 1.165) is 34.0 Å². The van der Waals surface area contributed by atoms with Gasteiger partial charge in [0.25, 0.3) is 6.71 Å². The first-order valence-electron chi connectivity index (χ1n) is 25.7. The third-order valence-electron chi connectivity index (χ3n) is 17.2. The van der Waals surface area contributed by atoms with Gasteiger partial charge in [0.1, 0.15) is 5.58 Å². The molecule has 2 atom stereocenters. The molecule has 0 bridgehead atoms. The van der Waals surface area contributed by atoms with E-state index in [1.54, 1.807) is 0 Å². The van der Waals surface area contributed by atoms with Crippen LogP contribution in [0.3, 0.4) is 0 Å². The molecule has 0 spiro atoms. The number of fused-ring (bicyclic) bond motifs is 10. The second-order valence-electron chi connectivity index (χ2n) is 24.7. The summed E-state index contributed by atoms with van der Waals surface area (Å²) in [5.41, 5.74) is 23.6. The van der Waals surface area contributed by atoms with Gasteiger partial charge in [-0.2, -0.15) is 0 Å². The van der Waals surface area contributed by atoms with Crippen molar-refractivity contribution in [2.75, 3.05) is 14.7 Å². The maximum absolute atomic E-state index is 7.02. The van der Waals surface area contributed by atoms with Crippen LogP contribution in [0.5, 0.6) is 0 Å². The Morgan fingerprint density at radius 3 is 1.74 bits per heavy atom. The summed E-state index contributed by atoms with van der Waals surface area (Å²) in [5, 5.41) is 2.27. The number of para-hydroxylation sites is 2. The zero-order chi connectivity index (χ0) is 48.3. The molecule has 0 N–H and O–H groups in total. The highest BCUT2D eigenvalue weighted by atomic mass is 16.3. The van der Waals surface area contributed by atoms with Gasteiger partial charge in [0, 0.05) is 56.0 Å².